The fraction of sp³-hybridized carbons (Fsp3) is 0.100. The number of hydrogen-bond donors (Lipinski definition) is 1. The first-order valence-electron chi connectivity index (χ1n) is 4.30. The van der Waals surface area contributed by atoms with E-state index >= 15 is 0 Å². The molecule has 0 aliphatic heterocycles. The van der Waals surface area contributed by atoms with Gasteiger partial charge in [0, 0.05) is 21.4 Å². The van der Waals surface area contributed by atoms with Crippen LogP contribution in [0.5, 0.6) is 0 Å². The summed E-state index contributed by atoms with van der Waals surface area (Å²) in [5, 5.41) is 0.354. The summed E-state index contributed by atoms with van der Waals surface area (Å²) < 4.78 is 38.6. The second-order valence-corrected chi connectivity index (χ2v) is 4.16. The molecule has 2 rings (SSSR count). The number of nitrogens with two attached hydrogens (primary N) is 1. The minimum absolute atomic E-state index is 0.0503. The number of benzene rings is 1. The number of hydrogen-bond acceptors (Lipinski definition) is 2. The number of rotatable bonds is 0. The Morgan fingerprint density at radius 1 is 1.19 bits per heavy atom. The Morgan fingerprint density at radius 2 is 1.88 bits per heavy atom. The predicted molar refractivity (Wildman–Crippen MR) is 58.9 cm³/mol. The molecule has 0 aliphatic carbocycles. The Balaban J connectivity index is 2.86. The lowest BCUT2D eigenvalue weighted by Gasteiger charge is -2.11. The van der Waals surface area contributed by atoms with Crippen LogP contribution in [0, 0.1) is 0 Å². The van der Waals surface area contributed by atoms with Crippen LogP contribution < -0.4 is 5.73 Å². The van der Waals surface area contributed by atoms with E-state index < -0.39 is 11.7 Å². The molecule has 84 valence electrons. The van der Waals surface area contributed by atoms with E-state index in [4.69, 9.17) is 5.73 Å². The van der Waals surface area contributed by atoms with Crippen molar-refractivity contribution in [2.45, 2.75) is 6.18 Å². The fourth-order valence-corrected chi connectivity index (χ4v) is 1.82. The summed E-state index contributed by atoms with van der Waals surface area (Å²) in [6.07, 6.45) is -3.68. The number of alkyl halides is 3. The first-order chi connectivity index (χ1) is 7.39. The van der Waals surface area contributed by atoms with Gasteiger partial charge in [-0.25, -0.2) is 4.98 Å². The molecular formula is C10H6BrF3N2. The van der Waals surface area contributed by atoms with Crippen LogP contribution >= 0.6 is 15.9 Å². The number of anilines is 1. The highest BCUT2D eigenvalue weighted by atomic mass is 79.9. The second-order valence-electron chi connectivity index (χ2n) is 3.24. The van der Waals surface area contributed by atoms with Gasteiger partial charge >= 0.3 is 6.18 Å². The molecule has 0 aliphatic rings. The van der Waals surface area contributed by atoms with Gasteiger partial charge in [0.2, 0.25) is 0 Å². The van der Waals surface area contributed by atoms with Crippen LogP contribution in [0.3, 0.4) is 0 Å². The Bertz CT molecular complexity index is 551. The molecule has 0 amide bonds. The number of aromatic nitrogens is 1. The second kappa shape index (κ2) is 3.62. The molecule has 0 spiro atoms. The first kappa shape index (κ1) is 11.2. The maximum atomic E-state index is 12.7. The molecule has 2 N–H and O–H groups in total. The first-order valence-corrected chi connectivity index (χ1v) is 5.10. The van der Waals surface area contributed by atoms with Gasteiger partial charge in [0.15, 0.2) is 0 Å². The van der Waals surface area contributed by atoms with Crippen molar-refractivity contribution in [3.63, 3.8) is 0 Å². The molecule has 0 saturated heterocycles. The zero-order valence-corrected chi connectivity index (χ0v) is 9.43. The quantitative estimate of drug-likeness (QED) is 0.805. The van der Waals surface area contributed by atoms with Crippen LogP contribution in [0.15, 0.2) is 28.9 Å². The van der Waals surface area contributed by atoms with Gasteiger partial charge in [0.1, 0.15) is 5.82 Å². The van der Waals surface area contributed by atoms with E-state index in [-0.39, 0.29) is 11.2 Å². The molecule has 0 radical (unpaired) electrons. The molecular weight excluding hydrogens is 285 g/mol. The summed E-state index contributed by atoms with van der Waals surface area (Å²) in [5.74, 6) is 0.0931. The molecule has 1 heterocycles. The van der Waals surface area contributed by atoms with Gasteiger partial charge in [-0.15, -0.1) is 0 Å². The number of fused-ring (bicyclic) bond motifs is 1. The molecule has 0 atom stereocenters. The van der Waals surface area contributed by atoms with E-state index in [0.29, 0.717) is 9.86 Å². The molecule has 0 saturated carbocycles. The summed E-state index contributed by atoms with van der Waals surface area (Å²) in [4.78, 5) is 3.55. The summed E-state index contributed by atoms with van der Waals surface area (Å²) >= 11 is 3.13. The summed E-state index contributed by atoms with van der Waals surface area (Å²) in [5.41, 5.74) is 4.75. The molecule has 2 aromatic rings. The van der Waals surface area contributed by atoms with Crippen molar-refractivity contribution in [3.8, 4) is 0 Å². The lowest BCUT2D eigenvalue weighted by Crippen LogP contribution is -2.07. The van der Waals surface area contributed by atoms with Crippen molar-refractivity contribution in [3.05, 3.63) is 34.4 Å². The van der Waals surface area contributed by atoms with Crippen LogP contribution in [0.1, 0.15) is 5.56 Å². The highest BCUT2D eigenvalue weighted by molar-refractivity contribution is 9.10. The van der Waals surface area contributed by atoms with Crippen LogP contribution in [0.2, 0.25) is 0 Å². The van der Waals surface area contributed by atoms with Crippen molar-refractivity contribution < 1.29 is 13.2 Å². The highest BCUT2D eigenvalue weighted by Gasteiger charge is 2.33. The lowest BCUT2D eigenvalue weighted by atomic mass is 10.1. The Morgan fingerprint density at radius 3 is 2.50 bits per heavy atom. The van der Waals surface area contributed by atoms with Crippen LogP contribution in [-0.2, 0) is 6.18 Å². The van der Waals surface area contributed by atoms with Gasteiger partial charge in [-0.1, -0.05) is 15.9 Å². The lowest BCUT2D eigenvalue weighted by molar-refractivity contribution is -0.136. The molecule has 2 nitrogen and oxygen atoms in total. The maximum absolute atomic E-state index is 12.7. The standard InChI is InChI=1S/C10H6BrF3N2/c11-5-1-2-6-7(3-5)8(10(12,13)14)4-16-9(6)15/h1-4H,(H2,15,16). The summed E-state index contributed by atoms with van der Waals surface area (Å²) in [6.45, 7) is 0. The summed E-state index contributed by atoms with van der Waals surface area (Å²) in [7, 11) is 0. The molecule has 0 unspecified atom stereocenters. The average molecular weight is 291 g/mol. The Hall–Kier alpha value is -1.30. The normalized spacial score (nSPS) is 12.0. The van der Waals surface area contributed by atoms with Crippen molar-refractivity contribution >= 4 is 32.5 Å². The molecule has 0 bridgehead atoms. The maximum Gasteiger partial charge on any atom is 0.418 e. The van der Waals surface area contributed by atoms with E-state index in [2.05, 4.69) is 20.9 Å². The predicted octanol–water partition coefficient (Wildman–Crippen LogP) is 3.60. The van der Waals surface area contributed by atoms with Gasteiger partial charge < -0.3 is 5.73 Å². The smallest absolute Gasteiger partial charge is 0.383 e. The van der Waals surface area contributed by atoms with Gasteiger partial charge in [-0.2, -0.15) is 13.2 Å². The van der Waals surface area contributed by atoms with Gasteiger partial charge in [0.05, 0.1) is 5.56 Å². The van der Waals surface area contributed by atoms with Crippen molar-refractivity contribution in [1.29, 1.82) is 0 Å². The molecule has 16 heavy (non-hydrogen) atoms. The van der Waals surface area contributed by atoms with Gasteiger partial charge in [-0.3, -0.25) is 0 Å². The number of halogens is 4. The van der Waals surface area contributed by atoms with Gasteiger partial charge in [0.25, 0.3) is 0 Å². The van der Waals surface area contributed by atoms with Crippen molar-refractivity contribution in [1.82, 2.24) is 4.98 Å². The SMILES string of the molecule is Nc1ncc(C(F)(F)F)c2cc(Br)ccc12. The number of pyridine rings is 1. The van der Waals surface area contributed by atoms with Crippen LogP contribution in [0.4, 0.5) is 19.0 Å². The van der Waals surface area contributed by atoms with E-state index in [1.54, 1.807) is 6.07 Å². The highest BCUT2D eigenvalue weighted by Crippen LogP contribution is 2.36. The molecule has 6 heteroatoms. The van der Waals surface area contributed by atoms with E-state index in [0.717, 1.165) is 6.20 Å². The average Bonchev–Trinajstić information content (AvgIpc) is 2.15. The third-order valence-corrected chi connectivity index (χ3v) is 2.68. The zero-order chi connectivity index (χ0) is 11.9. The molecule has 1 aromatic carbocycles. The third kappa shape index (κ3) is 1.84. The topological polar surface area (TPSA) is 38.9 Å². The Labute approximate surface area is 97.4 Å². The number of nitrogen functional groups attached to an aromatic ring is 1. The number of nitrogens with zero attached hydrogens (tertiary/aromatic N) is 1. The minimum atomic E-state index is -4.43. The van der Waals surface area contributed by atoms with E-state index in [1.165, 1.54) is 12.1 Å². The summed E-state index contributed by atoms with van der Waals surface area (Å²) in [6, 6.07) is 4.52. The van der Waals surface area contributed by atoms with E-state index in [1.807, 2.05) is 0 Å². The zero-order valence-electron chi connectivity index (χ0n) is 7.85. The third-order valence-electron chi connectivity index (χ3n) is 2.19. The van der Waals surface area contributed by atoms with Crippen LogP contribution in [0.25, 0.3) is 10.8 Å². The van der Waals surface area contributed by atoms with Crippen LogP contribution in [-0.4, -0.2) is 4.98 Å². The largest absolute Gasteiger partial charge is 0.418 e. The van der Waals surface area contributed by atoms with Crippen molar-refractivity contribution in [2.75, 3.05) is 5.73 Å². The van der Waals surface area contributed by atoms with E-state index in [9.17, 15) is 13.2 Å². The molecule has 0 fully saturated rings. The fourth-order valence-electron chi connectivity index (χ4n) is 1.46. The minimum Gasteiger partial charge on any atom is -0.383 e. The monoisotopic (exact) mass is 290 g/mol. The van der Waals surface area contributed by atoms with Crippen molar-refractivity contribution in [2.24, 2.45) is 0 Å². The van der Waals surface area contributed by atoms with Gasteiger partial charge in [-0.05, 0) is 18.2 Å². The Kier molecular flexibility index (Phi) is 2.53. The molecule has 1 aromatic heterocycles.